The quantitative estimate of drug-likeness (QED) is 0.897. The Bertz CT molecular complexity index is 851. The van der Waals surface area contributed by atoms with Crippen LogP contribution in [0.2, 0.25) is 0 Å². The lowest BCUT2D eigenvalue weighted by atomic mass is 9.79. The summed E-state index contributed by atoms with van der Waals surface area (Å²) in [4.78, 5) is 14.9. The van der Waals surface area contributed by atoms with Gasteiger partial charge in [0.15, 0.2) is 11.6 Å². The van der Waals surface area contributed by atoms with E-state index >= 15 is 0 Å². The van der Waals surface area contributed by atoms with Gasteiger partial charge < -0.3 is 15.5 Å². The Kier molecular flexibility index (Phi) is 3.24. The average Bonchev–Trinajstić information content (AvgIpc) is 3.24. The number of halogens is 1. The van der Waals surface area contributed by atoms with Crippen molar-refractivity contribution in [1.29, 1.82) is 0 Å². The van der Waals surface area contributed by atoms with Crippen molar-refractivity contribution < 1.29 is 4.39 Å². The molecule has 0 amide bonds. The number of fused-ring (bicyclic) bond motifs is 1. The summed E-state index contributed by atoms with van der Waals surface area (Å²) in [7, 11) is 0. The van der Waals surface area contributed by atoms with Crippen LogP contribution in [0.15, 0.2) is 29.4 Å². The van der Waals surface area contributed by atoms with E-state index in [0.29, 0.717) is 17.9 Å². The molecule has 0 aliphatic carbocycles. The first-order chi connectivity index (χ1) is 12.2. The highest BCUT2D eigenvalue weighted by Gasteiger charge is 2.45. The molecule has 5 rings (SSSR count). The van der Waals surface area contributed by atoms with Gasteiger partial charge in [-0.1, -0.05) is 6.07 Å². The molecular formula is C18H19FN6. The predicted molar refractivity (Wildman–Crippen MR) is 95.1 cm³/mol. The minimum absolute atomic E-state index is 0.213. The third-order valence-electron chi connectivity index (χ3n) is 5.30. The van der Waals surface area contributed by atoms with Gasteiger partial charge in [-0.25, -0.2) is 9.37 Å². The third kappa shape index (κ3) is 2.55. The Labute approximate surface area is 145 Å². The lowest BCUT2D eigenvalue weighted by Gasteiger charge is -2.47. The summed E-state index contributed by atoms with van der Waals surface area (Å²) < 4.78 is 14.2. The van der Waals surface area contributed by atoms with Gasteiger partial charge in [0.1, 0.15) is 0 Å². The molecule has 128 valence electrons. The molecule has 0 bridgehead atoms. The number of nitrogens with zero attached hydrogens (tertiary/aromatic N) is 4. The van der Waals surface area contributed by atoms with Crippen LogP contribution in [0, 0.1) is 11.2 Å². The van der Waals surface area contributed by atoms with Crippen LogP contribution in [0.4, 0.5) is 21.8 Å². The van der Waals surface area contributed by atoms with E-state index in [-0.39, 0.29) is 5.82 Å². The summed E-state index contributed by atoms with van der Waals surface area (Å²) in [6.45, 7) is 4.70. The Balaban J connectivity index is 1.36. The predicted octanol–water partition coefficient (Wildman–Crippen LogP) is 2.09. The van der Waals surface area contributed by atoms with Crippen LogP contribution in [0.3, 0.4) is 0 Å². The highest BCUT2D eigenvalue weighted by atomic mass is 19.1. The second-order valence-electron chi connectivity index (χ2n) is 7.16. The summed E-state index contributed by atoms with van der Waals surface area (Å²) in [5, 5.41) is 6.49. The number of aromatic nitrogens is 2. The number of aliphatic imine (C=N–C) groups is 1. The van der Waals surface area contributed by atoms with E-state index in [2.05, 4.69) is 30.5 Å². The largest absolute Gasteiger partial charge is 0.339 e. The van der Waals surface area contributed by atoms with Crippen LogP contribution in [0.5, 0.6) is 0 Å². The molecule has 2 N–H and O–H groups in total. The molecule has 1 aromatic carbocycles. The molecule has 0 radical (unpaired) electrons. The maximum absolute atomic E-state index is 14.2. The summed E-state index contributed by atoms with van der Waals surface area (Å²) >= 11 is 0. The van der Waals surface area contributed by atoms with Crippen molar-refractivity contribution in [2.75, 3.05) is 36.4 Å². The molecule has 2 aromatic rings. The van der Waals surface area contributed by atoms with Gasteiger partial charge in [-0.05, 0) is 36.2 Å². The van der Waals surface area contributed by atoms with E-state index in [9.17, 15) is 4.39 Å². The number of rotatable bonds is 3. The van der Waals surface area contributed by atoms with Crippen molar-refractivity contribution in [3.05, 3.63) is 41.3 Å². The maximum atomic E-state index is 14.2. The molecule has 4 heterocycles. The first-order valence-corrected chi connectivity index (χ1v) is 8.59. The fraction of sp³-hybridized carbons (Fsp3) is 0.389. The van der Waals surface area contributed by atoms with Crippen LogP contribution < -0.4 is 15.5 Å². The maximum Gasteiger partial charge on any atom is 0.227 e. The minimum atomic E-state index is -0.448. The molecule has 7 heteroatoms. The van der Waals surface area contributed by atoms with Gasteiger partial charge in [-0.15, -0.1) is 0 Å². The first-order valence-electron chi connectivity index (χ1n) is 8.59. The average molecular weight is 338 g/mol. The molecule has 0 atom stereocenters. The summed E-state index contributed by atoms with van der Waals surface area (Å²) in [6.07, 6.45) is 4.28. The van der Waals surface area contributed by atoms with Crippen molar-refractivity contribution in [2.45, 2.75) is 13.0 Å². The number of hydrogen-bond acceptors (Lipinski definition) is 6. The second-order valence-corrected chi connectivity index (χ2v) is 7.16. The fourth-order valence-electron chi connectivity index (χ4n) is 3.88. The SMILES string of the molecule is Fc1cnc(N2CC3(CCNC3)C2)nc1Nc1ccc2c(c1)C=NC2. The molecule has 3 aliphatic rings. The zero-order chi connectivity index (χ0) is 16.9. The summed E-state index contributed by atoms with van der Waals surface area (Å²) in [5.41, 5.74) is 3.41. The van der Waals surface area contributed by atoms with E-state index in [1.807, 2.05) is 24.4 Å². The van der Waals surface area contributed by atoms with E-state index in [4.69, 9.17) is 0 Å². The number of hydrogen-bond donors (Lipinski definition) is 2. The Hall–Kier alpha value is -2.54. The number of benzene rings is 1. The van der Waals surface area contributed by atoms with Crippen LogP contribution in [0.1, 0.15) is 17.5 Å². The van der Waals surface area contributed by atoms with Gasteiger partial charge >= 0.3 is 0 Å². The van der Waals surface area contributed by atoms with Crippen molar-refractivity contribution >= 4 is 23.7 Å². The van der Waals surface area contributed by atoms with Gasteiger partial charge in [-0.2, -0.15) is 4.98 Å². The van der Waals surface area contributed by atoms with Gasteiger partial charge in [-0.3, -0.25) is 4.99 Å². The van der Waals surface area contributed by atoms with Crippen LogP contribution in [-0.2, 0) is 6.54 Å². The van der Waals surface area contributed by atoms with E-state index in [0.717, 1.165) is 37.4 Å². The van der Waals surface area contributed by atoms with Crippen LogP contribution >= 0.6 is 0 Å². The highest BCUT2D eigenvalue weighted by molar-refractivity contribution is 5.86. The lowest BCUT2D eigenvalue weighted by Crippen LogP contribution is -2.58. The van der Waals surface area contributed by atoms with Gasteiger partial charge in [0.25, 0.3) is 0 Å². The van der Waals surface area contributed by atoms with E-state index in [1.165, 1.54) is 18.2 Å². The molecule has 1 aromatic heterocycles. The van der Waals surface area contributed by atoms with E-state index < -0.39 is 5.82 Å². The van der Waals surface area contributed by atoms with Gasteiger partial charge in [0.2, 0.25) is 5.95 Å². The molecule has 2 fully saturated rings. The minimum Gasteiger partial charge on any atom is -0.339 e. The van der Waals surface area contributed by atoms with Crippen molar-refractivity contribution in [1.82, 2.24) is 15.3 Å². The molecule has 1 spiro atoms. The van der Waals surface area contributed by atoms with Crippen molar-refractivity contribution in [2.24, 2.45) is 10.4 Å². The Morgan fingerprint density at radius 2 is 2.20 bits per heavy atom. The summed E-state index contributed by atoms with van der Waals surface area (Å²) in [5.74, 6) is 0.352. The Morgan fingerprint density at radius 1 is 1.28 bits per heavy atom. The first kappa shape index (κ1) is 14.8. The van der Waals surface area contributed by atoms with E-state index in [1.54, 1.807) is 0 Å². The van der Waals surface area contributed by atoms with Crippen molar-refractivity contribution in [3.63, 3.8) is 0 Å². The molecule has 3 aliphatic heterocycles. The smallest absolute Gasteiger partial charge is 0.227 e. The zero-order valence-electron chi connectivity index (χ0n) is 13.8. The molecule has 0 unspecified atom stereocenters. The van der Waals surface area contributed by atoms with Crippen LogP contribution in [-0.4, -0.2) is 42.4 Å². The third-order valence-corrected chi connectivity index (χ3v) is 5.30. The monoisotopic (exact) mass is 338 g/mol. The fourth-order valence-corrected chi connectivity index (χ4v) is 3.88. The van der Waals surface area contributed by atoms with Gasteiger partial charge in [0, 0.05) is 37.0 Å². The topological polar surface area (TPSA) is 65.4 Å². The Morgan fingerprint density at radius 3 is 3.04 bits per heavy atom. The molecular weight excluding hydrogens is 319 g/mol. The zero-order valence-corrected chi connectivity index (χ0v) is 13.8. The standard InChI is InChI=1S/C18H19FN6/c19-15-8-22-17(25-10-18(11-25)3-4-20-9-18)24-16(15)23-14-2-1-12-6-21-7-13(12)5-14/h1-2,5,7-8,20H,3-4,6,9-11H2,(H,22,23,24). The summed E-state index contributed by atoms with van der Waals surface area (Å²) in [6, 6.07) is 5.91. The van der Waals surface area contributed by atoms with Crippen molar-refractivity contribution in [3.8, 4) is 0 Å². The normalized spacial score (nSPS) is 20.0. The second kappa shape index (κ2) is 5.49. The van der Waals surface area contributed by atoms with Gasteiger partial charge in [0.05, 0.1) is 12.7 Å². The number of anilines is 3. The molecule has 25 heavy (non-hydrogen) atoms. The molecule has 2 saturated heterocycles. The number of nitrogens with one attached hydrogen (secondary N) is 2. The molecule has 0 saturated carbocycles. The lowest BCUT2D eigenvalue weighted by molar-refractivity contribution is 0.240. The highest BCUT2D eigenvalue weighted by Crippen LogP contribution is 2.38. The van der Waals surface area contributed by atoms with Crippen LogP contribution in [0.25, 0.3) is 0 Å². The molecule has 6 nitrogen and oxygen atoms in total.